The zero-order valence-electron chi connectivity index (χ0n) is 21.5. The van der Waals surface area contributed by atoms with Gasteiger partial charge in [0.2, 0.25) is 11.9 Å². The van der Waals surface area contributed by atoms with E-state index in [0.29, 0.717) is 28.9 Å². The van der Waals surface area contributed by atoms with E-state index in [1.165, 1.54) is 12.4 Å². The Hall–Kier alpha value is -4.50. The van der Waals surface area contributed by atoms with Gasteiger partial charge in [0.05, 0.1) is 24.2 Å². The highest BCUT2D eigenvalue weighted by Gasteiger charge is 2.17. The summed E-state index contributed by atoms with van der Waals surface area (Å²) in [7, 11) is 7.60. The fraction of sp³-hybridized carbons (Fsp3) is 0.214. The van der Waals surface area contributed by atoms with Crippen molar-refractivity contribution < 1.29 is 9.53 Å². The Kier molecular flexibility index (Phi) is 7.95. The Labute approximate surface area is 216 Å². The molecule has 4 aromatic rings. The molecule has 0 aliphatic rings. The standard InChI is InChI=1S/C28H31N7O2/c1-6-26(36)31-22-16-23(25(37-5)17-24(22)35(4)14-13-34(2)3)32-28-30-18-29-27(33-28)21-12-11-19-9-7-8-10-20(19)15-21/h6-12,15-18H,1,13-14H2,2-5H3,(H,31,36)(H,29,30,32,33). The van der Waals surface area contributed by atoms with Gasteiger partial charge in [0, 0.05) is 31.8 Å². The molecular formula is C28H31N7O2. The first-order chi connectivity index (χ1) is 17.9. The highest BCUT2D eigenvalue weighted by Crippen LogP contribution is 2.38. The molecule has 190 valence electrons. The van der Waals surface area contributed by atoms with Crippen molar-refractivity contribution in [1.29, 1.82) is 0 Å². The summed E-state index contributed by atoms with van der Waals surface area (Å²) in [6, 6.07) is 17.9. The number of ether oxygens (including phenoxy) is 1. The summed E-state index contributed by atoms with van der Waals surface area (Å²) < 4.78 is 5.68. The van der Waals surface area contributed by atoms with Crippen LogP contribution < -0.4 is 20.3 Å². The quantitative estimate of drug-likeness (QED) is 0.308. The highest BCUT2D eigenvalue weighted by atomic mass is 16.5. The van der Waals surface area contributed by atoms with E-state index in [4.69, 9.17) is 4.74 Å². The molecule has 9 nitrogen and oxygen atoms in total. The fourth-order valence-electron chi connectivity index (χ4n) is 3.85. The average molecular weight is 498 g/mol. The zero-order chi connectivity index (χ0) is 26.4. The van der Waals surface area contributed by atoms with Crippen LogP contribution in [0.1, 0.15) is 0 Å². The second-order valence-electron chi connectivity index (χ2n) is 8.81. The molecule has 1 heterocycles. The number of hydrogen-bond acceptors (Lipinski definition) is 8. The molecule has 0 aliphatic carbocycles. The number of carbonyl (C=O) groups is 1. The van der Waals surface area contributed by atoms with Crippen LogP contribution in [0, 0.1) is 0 Å². The van der Waals surface area contributed by atoms with E-state index in [-0.39, 0.29) is 5.91 Å². The van der Waals surface area contributed by atoms with Crippen LogP contribution in [0.2, 0.25) is 0 Å². The monoisotopic (exact) mass is 497 g/mol. The number of methoxy groups -OCH3 is 1. The summed E-state index contributed by atoms with van der Waals surface area (Å²) in [5, 5.41) is 8.38. The minimum Gasteiger partial charge on any atom is -0.494 e. The van der Waals surface area contributed by atoms with Gasteiger partial charge >= 0.3 is 0 Å². The molecule has 0 atom stereocenters. The third-order valence-corrected chi connectivity index (χ3v) is 5.88. The fourth-order valence-corrected chi connectivity index (χ4v) is 3.85. The summed E-state index contributed by atoms with van der Waals surface area (Å²) in [5.74, 6) is 1.17. The van der Waals surface area contributed by atoms with Gasteiger partial charge in [-0.15, -0.1) is 0 Å². The van der Waals surface area contributed by atoms with Crippen molar-refractivity contribution in [3.05, 3.63) is 73.6 Å². The maximum atomic E-state index is 12.2. The predicted octanol–water partition coefficient (Wildman–Crippen LogP) is 4.57. The number of fused-ring (bicyclic) bond motifs is 1. The number of benzene rings is 3. The summed E-state index contributed by atoms with van der Waals surface area (Å²) in [4.78, 5) is 29.7. The second kappa shape index (κ2) is 11.5. The van der Waals surface area contributed by atoms with Crippen LogP contribution in [0.5, 0.6) is 5.75 Å². The topological polar surface area (TPSA) is 95.5 Å². The SMILES string of the molecule is C=CC(=O)Nc1cc(Nc2ncnc(-c3ccc4ccccc4c3)n2)c(OC)cc1N(C)CCN(C)C. The number of likely N-dealkylation sites (N-methyl/N-ethyl adjacent to an activating group) is 2. The predicted molar refractivity (Wildman–Crippen MR) is 150 cm³/mol. The summed E-state index contributed by atoms with van der Waals surface area (Å²) in [5.41, 5.74) is 2.90. The van der Waals surface area contributed by atoms with E-state index in [1.54, 1.807) is 13.2 Å². The third kappa shape index (κ3) is 6.20. The molecule has 4 rings (SSSR count). The smallest absolute Gasteiger partial charge is 0.247 e. The van der Waals surface area contributed by atoms with E-state index < -0.39 is 0 Å². The largest absolute Gasteiger partial charge is 0.494 e. The first-order valence-corrected chi connectivity index (χ1v) is 11.8. The van der Waals surface area contributed by atoms with Crippen LogP contribution in [0.15, 0.2) is 73.6 Å². The molecule has 9 heteroatoms. The number of anilines is 4. The van der Waals surface area contributed by atoms with Gasteiger partial charge in [0.25, 0.3) is 0 Å². The number of hydrogen-bond donors (Lipinski definition) is 2. The Morgan fingerprint density at radius 1 is 1.00 bits per heavy atom. The normalized spacial score (nSPS) is 10.8. The van der Waals surface area contributed by atoms with E-state index in [1.807, 2.05) is 51.5 Å². The van der Waals surface area contributed by atoms with Crippen LogP contribution in [0.25, 0.3) is 22.2 Å². The molecule has 37 heavy (non-hydrogen) atoms. The molecule has 0 spiro atoms. The molecule has 0 unspecified atom stereocenters. The molecule has 0 saturated heterocycles. The van der Waals surface area contributed by atoms with Gasteiger partial charge in [-0.1, -0.05) is 43.0 Å². The third-order valence-electron chi connectivity index (χ3n) is 5.88. The van der Waals surface area contributed by atoms with Crippen molar-refractivity contribution in [3.8, 4) is 17.1 Å². The number of aromatic nitrogens is 3. The first-order valence-electron chi connectivity index (χ1n) is 11.8. The van der Waals surface area contributed by atoms with Gasteiger partial charge in [-0.2, -0.15) is 4.98 Å². The van der Waals surface area contributed by atoms with Crippen LogP contribution in [0.4, 0.5) is 23.0 Å². The van der Waals surface area contributed by atoms with Crippen molar-refractivity contribution in [3.63, 3.8) is 0 Å². The molecule has 1 amide bonds. The van der Waals surface area contributed by atoms with Crippen molar-refractivity contribution in [1.82, 2.24) is 19.9 Å². The molecular weight excluding hydrogens is 466 g/mol. The Bertz CT molecular complexity index is 1420. The summed E-state index contributed by atoms with van der Waals surface area (Å²) >= 11 is 0. The molecule has 0 bridgehead atoms. The molecule has 2 N–H and O–H groups in total. The van der Waals surface area contributed by atoms with Crippen LogP contribution in [-0.4, -0.2) is 67.1 Å². The van der Waals surface area contributed by atoms with E-state index in [9.17, 15) is 4.79 Å². The van der Waals surface area contributed by atoms with Crippen LogP contribution in [-0.2, 0) is 4.79 Å². The van der Waals surface area contributed by atoms with Crippen molar-refractivity contribution in [2.24, 2.45) is 0 Å². The lowest BCUT2D eigenvalue weighted by atomic mass is 10.1. The lowest BCUT2D eigenvalue weighted by molar-refractivity contribution is -0.111. The van der Waals surface area contributed by atoms with Crippen molar-refractivity contribution in [2.45, 2.75) is 0 Å². The Morgan fingerprint density at radius 3 is 2.51 bits per heavy atom. The minimum absolute atomic E-state index is 0.308. The lowest BCUT2D eigenvalue weighted by Crippen LogP contribution is -2.29. The molecule has 1 aromatic heterocycles. The average Bonchev–Trinajstić information content (AvgIpc) is 2.91. The van der Waals surface area contributed by atoms with E-state index in [0.717, 1.165) is 35.1 Å². The van der Waals surface area contributed by atoms with E-state index in [2.05, 4.69) is 60.2 Å². The molecule has 0 radical (unpaired) electrons. The van der Waals surface area contributed by atoms with Crippen molar-refractivity contribution >= 4 is 39.7 Å². The Morgan fingerprint density at radius 2 is 1.78 bits per heavy atom. The van der Waals surface area contributed by atoms with Gasteiger partial charge in [-0.05, 0) is 43.1 Å². The lowest BCUT2D eigenvalue weighted by Gasteiger charge is -2.26. The highest BCUT2D eigenvalue weighted by molar-refractivity contribution is 6.02. The summed E-state index contributed by atoms with van der Waals surface area (Å²) in [6.45, 7) is 5.17. The van der Waals surface area contributed by atoms with Crippen LogP contribution in [0.3, 0.4) is 0 Å². The number of carbonyl (C=O) groups excluding carboxylic acids is 1. The maximum Gasteiger partial charge on any atom is 0.247 e. The van der Waals surface area contributed by atoms with E-state index >= 15 is 0 Å². The molecule has 0 saturated carbocycles. The molecule has 0 aliphatic heterocycles. The van der Waals surface area contributed by atoms with Gasteiger partial charge in [0.15, 0.2) is 5.82 Å². The summed E-state index contributed by atoms with van der Waals surface area (Å²) in [6.07, 6.45) is 2.71. The van der Waals surface area contributed by atoms with Crippen LogP contribution >= 0.6 is 0 Å². The van der Waals surface area contributed by atoms with Gasteiger partial charge < -0.3 is 25.2 Å². The molecule has 3 aromatic carbocycles. The van der Waals surface area contributed by atoms with Gasteiger partial charge in [-0.3, -0.25) is 4.79 Å². The number of nitrogens with one attached hydrogen (secondary N) is 2. The maximum absolute atomic E-state index is 12.2. The van der Waals surface area contributed by atoms with Crippen molar-refractivity contribution in [2.75, 3.05) is 56.9 Å². The minimum atomic E-state index is -0.308. The number of rotatable bonds is 10. The molecule has 0 fully saturated rings. The van der Waals surface area contributed by atoms with Gasteiger partial charge in [0.1, 0.15) is 12.1 Å². The number of amides is 1. The first kappa shape index (κ1) is 25.6. The number of nitrogens with zero attached hydrogens (tertiary/aromatic N) is 5. The second-order valence-corrected chi connectivity index (χ2v) is 8.81. The Balaban J connectivity index is 1.67. The zero-order valence-corrected chi connectivity index (χ0v) is 21.5. The van der Waals surface area contributed by atoms with Gasteiger partial charge in [-0.25, -0.2) is 9.97 Å².